The highest BCUT2D eigenvalue weighted by atomic mass is 16.5. The third-order valence-corrected chi connectivity index (χ3v) is 6.25. The number of anilines is 2. The maximum absolute atomic E-state index is 13.3. The highest BCUT2D eigenvalue weighted by molar-refractivity contribution is 6.09. The van der Waals surface area contributed by atoms with Crippen LogP contribution in [0.15, 0.2) is 58.1 Å². The molecule has 2 aromatic heterocycles. The number of aromatic amines is 1. The summed E-state index contributed by atoms with van der Waals surface area (Å²) in [5.41, 5.74) is 7.97. The summed E-state index contributed by atoms with van der Waals surface area (Å²) < 4.78 is 8.68. The molecule has 1 amide bonds. The maximum Gasteiger partial charge on any atom is 0.330 e. The van der Waals surface area contributed by atoms with Crippen LogP contribution in [-0.4, -0.2) is 40.3 Å². The highest BCUT2D eigenvalue weighted by Gasteiger charge is 2.22. The molecule has 2 aromatic carbocycles. The van der Waals surface area contributed by atoms with Gasteiger partial charge in [0.15, 0.2) is 5.69 Å². The van der Waals surface area contributed by atoms with E-state index < -0.39 is 17.2 Å². The van der Waals surface area contributed by atoms with Crippen LogP contribution in [0.25, 0.3) is 27.9 Å². The summed E-state index contributed by atoms with van der Waals surface area (Å²) in [5.74, 6) is -0.487. The number of methoxy groups -OCH3 is 1. The number of nitrogen functional groups attached to an aromatic ring is 1. The smallest absolute Gasteiger partial charge is 0.330 e. The summed E-state index contributed by atoms with van der Waals surface area (Å²) in [6, 6.07) is 14.3. The van der Waals surface area contributed by atoms with Gasteiger partial charge in [-0.15, -0.1) is 0 Å². The van der Waals surface area contributed by atoms with E-state index in [1.54, 1.807) is 6.08 Å². The van der Waals surface area contributed by atoms with E-state index in [0.29, 0.717) is 13.0 Å². The van der Waals surface area contributed by atoms with Gasteiger partial charge in [-0.05, 0) is 43.2 Å². The van der Waals surface area contributed by atoms with E-state index in [1.807, 2.05) is 25.1 Å². The molecular formula is C27H31N5O4. The number of carbonyl (C=O) groups excluding carboxylic acids is 1. The number of amides is 1. The molecule has 188 valence electrons. The summed E-state index contributed by atoms with van der Waals surface area (Å²) in [5, 5.41) is 2.25. The van der Waals surface area contributed by atoms with E-state index in [4.69, 9.17) is 10.5 Å². The Bertz CT molecular complexity index is 1560. The van der Waals surface area contributed by atoms with Gasteiger partial charge in [0.2, 0.25) is 0 Å². The summed E-state index contributed by atoms with van der Waals surface area (Å²) in [6.07, 6.45) is 3.76. The molecule has 4 rings (SSSR count). The number of fused-ring (bicyclic) bond motifs is 3. The molecule has 0 unspecified atom stereocenters. The molecule has 0 bridgehead atoms. The zero-order chi connectivity index (χ0) is 25.8. The van der Waals surface area contributed by atoms with E-state index in [9.17, 15) is 14.4 Å². The maximum atomic E-state index is 13.3. The largest absolute Gasteiger partial charge is 0.383 e. The van der Waals surface area contributed by atoms with Crippen LogP contribution in [0.1, 0.15) is 25.8 Å². The van der Waals surface area contributed by atoms with Gasteiger partial charge < -0.3 is 15.0 Å². The standard InChI is InChI=1S/C27H31N5O4/c1-4-14-32-25(28)24(26(34)29-27(32)35)31(15-16-36-3)23(33)13-11-18-10-12-22-20(17-18)19-8-6-7-9-21(19)30(22)5-2/h6-13,17H,4-5,14-16,28H2,1-3H3,(H,29,34,35)/b13-11+. The number of benzene rings is 2. The van der Waals surface area contributed by atoms with Gasteiger partial charge in [0, 0.05) is 54.6 Å². The molecule has 0 radical (unpaired) electrons. The Morgan fingerprint density at radius 2 is 1.83 bits per heavy atom. The number of aryl methyl sites for hydroxylation is 1. The number of nitrogens with one attached hydrogen (secondary N) is 1. The number of rotatable bonds is 9. The lowest BCUT2D eigenvalue weighted by Gasteiger charge is -2.23. The van der Waals surface area contributed by atoms with Crippen molar-refractivity contribution in [2.45, 2.75) is 33.4 Å². The summed E-state index contributed by atoms with van der Waals surface area (Å²) in [7, 11) is 1.51. The van der Waals surface area contributed by atoms with Gasteiger partial charge in [-0.3, -0.25) is 24.0 Å². The van der Waals surface area contributed by atoms with E-state index in [2.05, 4.69) is 40.7 Å². The molecule has 0 spiro atoms. The fraction of sp³-hybridized carbons (Fsp3) is 0.296. The molecule has 0 saturated heterocycles. The van der Waals surface area contributed by atoms with Crippen molar-refractivity contribution in [3.05, 3.63) is 74.9 Å². The Hall–Kier alpha value is -4.11. The number of H-pyrrole nitrogens is 1. The lowest BCUT2D eigenvalue weighted by atomic mass is 10.1. The molecule has 0 saturated carbocycles. The van der Waals surface area contributed by atoms with Gasteiger partial charge in [0.05, 0.1) is 6.61 Å². The number of hydrogen-bond acceptors (Lipinski definition) is 5. The second kappa shape index (κ2) is 10.7. The van der Waals surface area contributed by atoms with Crippen molar-refractivity contribution in [3.63, 3.8) is 0 Å². The minimum absolute atomic E-state index is 0.0442. The van der Waals surface area contributed by atoms with Gasteiger partial charge in [-0.1, -0.05) is 31.2 Å². The molecule has 0 aliphatic carbocycles. The van der Waals surface area contributed by atoms with Crippen LogP contribution >= 0.6 is 0 Å². The second-order valence-corrected chi connectivity index (χ2v) is 8.50. The van der Waals surface area contributed by atoms with Crippen molar-refractivity contribution in [2.24, 2.45) is 0 Å². The van der Waals surface area contributed by atoms with E-state index in [1.165, 1.54) is 22.7 Å². The molecule has 3 N–H and O–H groups in total. The number of aromatic nitrogens is 3. The van der Waals surface area contributed by atoms with Crippen molar-refractivity contribution in [1.29, 1.82) is 0 Å². The molecule has 9 heteroatoms. The first-order valence-electron chi connectivity index (χ1n) is 12.0. The van der Waals surface area contributed by atoms with Crippen LogP contribution in [0.4, 0.5) is 11.5 Å². The molecule has 4 aromatic rings. The number of hydrogen-bond donors (Lipinski definition) is 2. The number of ether oxygens (including phenoxy) is 1. The Morgan fingerprint density at radius 1 is 1.08 bits per heavy atom. The lowest BCUT2D eigenvalue weighted by molar-refractivity contribution is -0.114. The first-order valence-corrected chi connectivity index (χ1v) is 12.0. The summed E-state index contributed by atoms with van der Waals surface area (Å²) in [6.45, 7) is 5.46. The Balaban J connectivity index is 1.73. The van der Waals surface area contributed by atoms with Crippen molar-refractivity contribution >= 4 is 45.3 Å². The monoisotopic (exact) mass is 489 g/mol. The zero-order valence-corrected chi connectivity index (χ0v) is 20.8. The van der Waals surface area contributed by atoms with Gasteiger partial charge >= 0.3 is 5.69 Å². The topological polar surface area (TPSA) is 115 Å². The molecule has 0 aliphatic rings. The average molecular weight is 490 g/mol. The van der Waals surface area contributed by atoms with Crippen LogP contribution in [0.2, 0.25) is 0 Å². The Labute approximate surface area is 208 Å². The normalized spacial score (nSPS) is 11.6. The fourth-order valence-electron chi connectivity index (χ4n) is 4.57. The van der Waals surface area contributed by atoms with Gasteiger partial charge in [0.25, 0.3) is 11.5 Å². The SMILES string of the molecule is CCCn1c(N)c(N(CCOC)C(=O)/C=C/c2ccc3c(c2)c2ccccc2n3CC)c(=O)[nH]c1=O. The first kappa shape index (κ1) is 25.0. The first-order chi connectivity index (χ1) is 17.4. The lowest BCUT2D eigenvalue weighted by Crippen LogP contribution is -2.42. The molecule has 0 aliphatic heterocycles. The van der Waals surface area contributed by atoms with E-state index in [-0.39, 0.29) is 24.7 Å². The fourth-order valence-corrected chi connectivity index (χ4v) is 4.57. The quantitative estimate of drug-likeness (QED) is 0.350. The van der Waals surface area contributed by atoms with Crippen molar-refractivity contribution in [2.75, 3.05) is 30.9 Å². The number of nitrogens with zero attached hydrogens (tertiary/aromatic N) is 3. The van der Waals surface area contributed by atoms with E-state index >= 15 is 0 Å². The highest BCUT2D eigenvalue weighted by Crippen LogP contribution is 2.30. The predicted molar refractivity (Wildman–Crippen MR) is 144 cm³/mol. The second-order valence-electron chi connectivity index (χ2n) is 8.50. The molecule has 0 atom stereocenters. The Kier molecular flexibility index (Phi) is 7.40. The van der Waals surface area contributed by atoms with Crippen LogP contribution < -0.4 is 21.9 Å². The van der Waals surface area contributed by atoms with Crippen LogP contribution in [0.5, 0.6) is 0 Å². The number of nitrogens with two attached hydrogens (primary N) is 1. The third-order valence-electron chi connectivity index (χ3n) is 6.25. The van der Waals surface area contributed by atoms with Crippen molar-refractivity contribution in [3.8, 4) is 0 Å². The zero-order valence-electron chi connectivity index (χ0n) is 20.8. The van der Waals surface area contributed by atoms with Gasteiger partial charge in [-0.2, -0.15) is 0 Å². The van der Waals surface area contributed by atoms with Crippen molar-refractivity contribution in [1.82, 2.24) is 14.1 Å². The van der Waals surface area contributed by atoms with Gasteiger partial charge in [0.1, 0.15) is 5.82 Å². The number of carbonyl (C=O) groups is 1. The van der Waals surface area contributed by atoms with Crippen LogP contribution in [-0.2, 0) is 22.6 Å². The van der Waals surface area contributed by atoms with Crippen molar-refractivity contribution < 1.29 is 9.53 Å². The Morgan fingerprint density at radius 3 is 2.56 bits per heavy atom. The van der Waals surface area contributed by atoms with Gasteiger partial charge in [-0.25, -0.2) is 4.79 Å². The minimum atomic E-state index is -0.712. The predicted octanol–water partition coefficient (Wildman–Crippen LogP) is 3.35. The summed E-state index contributed by atoms with van der Waals surface area (Å²) in [4.78, 5) is 41.7. The molecule has 0 fully saturated rings. The van der Waals surface area contributed by atoms with E-state index in [0.717, 1.165) is 33.9 Å². The molecular weight excluding hydrogens is 458 g/mol. The average Bonchev–Trinajstić information content (AvgIpc) is 3.19. The third kappa shape index (κ3) is 4.57. The van der Waals surface area contributed by atoms with Crippen LogP contribution in [0.3, 0.4) is 0 Å². The number of para-hydroxylation sites is 1. The van der Waals surface area contributed by atoms with Crippen LogP contribution in [0, 0.1) is 0 Å². The molecule has 36 heavy (non-hydrogen) atoms. The molecule has 2 heterocycles. The summed E-state index contributed by atoms with van der Waals surface area (Å²) >= 11 is 0. The molecule has 9 nitrogen and oxygen atoms in total. The minimum Gasteiger partial charge on any atom is -0.383 e.